The van der Waals surface area contributed by atoms with Gasteiger partial charge < -0.3 is 15.8 Å². The summed E-state index contributed by atoms with van der Waals surface area (Å²) >= 11 is 0. The Morgan fingerprint density at radius 3 is 2.94 bits per heavy atom. The number of benzene rings is 1. The first kappa shape index (κ1) is 10.8. The summed E-state index contributed by atoms with van der Waals surface area (Å²) < 4.78 is 31.6. The molecule has 0 bridgehead atoms. The molecule has 86 valence electrons. The first-order valence-electron chi connectivity index (χ1n) is 4.68. The van der Waals surface area contributed by atoms with Crippen molar-refractivity contribution in [3.63, 3.8) is 0 Å². The zero-order valence-corrected chi connectivity index (χ0v) is 8.30. The second-order valence-electron chi connectivity index (χ2n) is 3.46. The van der Waals surface area contributed by atoms with Crippen LogP contribution in [0.2, 0.25) is 0 Å². The van der Waals surface area contributed by atoms with E-state index in [-0.39, 0.29) is 23.8 Å². The van der Waals surface area contributed by atoms with Gasteiger partial charge in [-0.05, 0) is 18.2 Å². The Kier molecular flexibility index (Phi) is 2.51. The highest BCUT2D eigenvalue weighted by molar-refractivity contribution is 5.95. The van der Waals surface area contributed by atoms with Crippen molar-refractivity contribution in [1.29, 1.82) is 0 Å². The molecule has 2 rings (SSSR count). The van der Waals surface area contributed by atoms with Gasteiger partial charge in [-0.25, -0.2) is 0 Å². The lowest BCUT2D eigenvalue weighted by molar-refractivity contribution is -0.118. The van der Waals surface area contributed by atoms with E-state index >= 15 is 0 Å². The van der Waals surface area contributed by atoms with Crippen molar-refractivity contribution in [3.05, 3.63) is 23.8 Å². The third kappa shape index (κ3) is 1.83. The summed E-state index contributed by atoms with van der Waals surface area (Å²) in [4.78, 5) is 11.0. The summed E-state index contributed by atoms with van der Waals surface area (Å²) in [6, 6.07) is 3.82. The number of rotatable bonds is 2. The van der Waals surface area contributed by atoms with Crippen molar-refractivity contribution >= 4 is 11.6 Å². The van der Waals surface area contributed by atoms with Crippen molar-refractivity contribution in [2.24, 2.45) is 5.73 Å². The number of carbonyl (C=O) groups is 1. The highest BCUT2D eigenvalue weighted by Crippen LogP contribution is 2.34. The largest absolute Gasteiger partial charge is 0.482 e. The summed E-state index contributed by atoms with van der Waals surface area (Å²) in [6.07, 6.45) is 0. The van der Waals surface area contributed by atoms with Gasteiger partial charge in [0, 0.05) is 5.56 Å². The second kappa shape index (κ2) is 3.71. The summed E-state index contributed by atoms with van der Waals surface area (Å²) in [5.74, 6) is -3.08. The van der Waals surface area contributed by atoms with Crippen LogP contribution in [0.1, 0.15) is 5.56 Å². The molecule has 4 nitrogen and oxygen atoms in total. The van der Waals surface area contributed by atoms with Gasteiger partial charge in [0.2, 0.25) is 0 Å². The molecule has 1 amide bonds. The van der Waals surface area contributed by atoms with Crippen LogP contribution in [-0.4, -0.2) is 19.1 Å². The van der Waals surface area contributed by atoms with Crippen molar-refractivity contribution < 1.29 is 18.3 Å². The minimum atomic E-state index is -3.10. The summed E-state index contributed by atoms with van der Waals surface area (Å²) in [5, 5.41) is 2.46. The van der Waals surface area contributed by atoms with Crippen molar-refractivity contribution in [2.45, 2.75) is 5.92 Å². The highest BCUT2D eigenvalue weighted by Gasteiger charge is 2.31. The minimum Gasteiger partial charge on any atom is -0.482 e. The third-order valence-electron chi connectivity index (χ3n) is 2.29. The monoisotopic (exact) mass is 228 g/mol. The molecule has 1 aromatic carbocycles. The molecule has 0 atom stereocenters. The maximum Gasteiger partial charge on any atom is 0.285 e. The lowest BCUT2D eigenvalue weighted by Gasteiger charge is -2.21. The zero-order valence-electron chi connectivity index (χ0n) is 8.30. The average Bonchev–Trinajstić information content (AvgIpc) is 2.28. The van der Waals surface area contributed by atoms with Gasteiger partial charge in [0.05, 0.1) is 12.2 Å². The maximum atomic E-state index is 13.3. The van der Waals surface area contributed by atoms with E-state index in [0.29, 0.717) is 5.75 Å². The molecule has 0 unspecified atom stereocenters. The predicted octanol–water partition coefficient (Wildman–Crippen LogP) is 1.07. The molecule has 0 aliphatic carbocycles. The number of hydrogen-bond acceptors (Lipinski definition) is 3. The number of amides is 1. The number of anilines is 1. The Morgan fingerprint density at radius 1 is 1.50 bits per heavy atom. The molecule has 0 saturated carbocycles. The predicted molar refractivity (Wildman–Crippen MR) is 53.5 cm³/mol. The molecule has 1 heterocycles. The topological polar surface area (TPSA) is 64.3 Å². The maximum absolute atomic E-state index is 13.3. The summed E-state index contributed by atoms with van der Waals surface area (Å²) in [6.45, 7) is -0.875. The first-order chi connectivity index (χ1) is 7.53. The summed E-state index contributed by atoms with van der Waals surface area (Å²) in [5.41, 5.74) is 4.99. The molecule has 3 N–H and O–H groups in total. The fourth-order valence-electron chi connectivity index (χ4n) is 1.43. The molecule has 0 fully saturated rings. The van der Waals surface area contributed by atoms with Crippen LogP contribution in [0, 0.1) is 0 Å². The third-order valence-corrected chi connectivity index (χ3v) is 2.29. The molecule has 0 spiro atoms. The van der Waals surface area contributed by atoms with E-state index in [0.717, 1.165) is 0 Å². The van der Waals surface area contributed by atoms with Gasteiger partial charge in [0.25, 0.3) is 11.8 Å². The van der Waals surface area contributed by atoms with Crippen LogP contribution in [-0.2, 0) is 10.7 Å². The van der Waals surface area contributed by atoms with E-state index in [2.05, 4.69) is 5.32 Å². The average molecular weight is 228 g/mol. The molecule has 1 aromatic rings. The quantitative estimate of drug-likeness (QED) is 0.795. The second-order valence-corrected chi connectivity index (χ2v) is 3.46. The number of fused-ring (bicyclic) bond motifs is 1. The highest BCUT2D eigenvalue weighted by atomic mass is 19.3. The fourth-order valence-corrected chi connectivity index (χ4v) is 1.43. The lowest BCUT2D eigenvalue weighted by atomic mass is 10.1. The number of nitrogens with two attached hydrogens (primary N) is 1. The van der Waals surface area contributed by atoms with Crippen molar-refractivity contribution in [2.75, 3.05) is 18.5 Å². The fraction of sp³-hybridized carbons (Fsp3) is 0.300. The minimum absolute atomic E-state index is 0.0976. The van der Waals surface area contributed by atoms with Crippen LogP contribution in [0.3, 0.4) is 0 Å². The number of hydrogen-bond donors (Lipinski definition) is 2. The smallest absolute Gasteiger partial charge is 0.285 e. The molecule has 1 aliphatic heterocycles. The lowest BCUT2D eigenvalue weighted by Crippen LogP contribution is -2.28. The number of alkyl halides is 2. The molecule has 16 heavy (non-hydrogen) atoms. The molecule has 0 radical (unpaired) electrons. The number of ether oxygens (including phenoxy) is 1. The Labute approximate surface area is 90.4 Å². The van der Waals surface area contributed by atoms with Gasteiger partial charge in [-0.1, -0.05) is 0 Å². The SMILES string of the molecule is NCC(F)(F)c1ccc2c(c1)NC(=O)CO2. The molecule has 6 heteroatoms. The Morgan fingerprint density at radius 2 is 2.25 bits per heavy atom. The standard InChI is InChI=1S/C10H10F2N2O2/c11-10(12,5-13)6-1-2-8-7(3-6)14-9(15)4-16-8/h1-3H,4-5,13H2,(H,14,15). The van der Waals surface area contributed by atoms with Gasteiger partial charge in [-0.3, -0.25) is 4.79 Å². The van der Waals surface area contributed by atoms with Crippen LogP contribution in [0.4, 0.5) is 14.5 Å². The van der Waals surface area contributed by atoms with Crippen LogP contribution in [0.15, 0.2) is 18.2 Å². The van der Waals surface area contributed by atoms with Crippen molar-refractivity contribution in [3.8, 4) is 5.75 Å². The van der Waals surface area contributed by atoms with E-state index in [1.165, 1.54) is 18.2 Å². The van der Waals surface area contributed by atoms with Gasteiger partial charge >= 0.3 is 0 Å². The number of nitrogens with one attached hydrogen (secondary N) is 1. The number of halogens is 2. The van der Waals surface area contributed by atoms with E-state index < -0.39 is 12.5 Å². The van der Waals surface area contributed by atoms with Crippen LogP contribution >= 0.6 is 0 Å². The van der Waals surface area contributed by atoms with E-state index in [9.17, 15) is 13.6 Å². The molecule has 1 aliphatic rings. The van der Waals surface area contributed by atoms with Crippen LogP contribution < -0.4 is 15.8 Å². The zero-order chi connectivity index (χ0) is 11.8. The Hall–Kier alpha value is -1.69. The van der Waals surface area contributed by atoms with Crippen molar-refractivity contribution in [1.82, 2.24) is 0 Å². The molecule has 0 aromatic heterocycles. The van der Waals surface area contributed by atoms with Gasteiger partial charge in [-0.2, -0.15) is 8.78 Å². The normalized spacial score (nSPS) is 15.1. The van der Waals surface area contributed by atoms with E-state index in [1.807, 2.05) is 0 Å². The molecule has 0 saturated heterocycles. The van der Waals surface area contributed by atoms with Gasteiger partial charge in [0.15, 0.2) is 6.61 Å². The summed E-state index contributed by atoms with van der Waals surface area (Å²) in [7, 11) is 0. The van der Waals surface area contributed by atoms with Crippen LogP contribution in [0.25, 0.3) is 0 Å². The number of carbonyl (C=O) groups excluding carboxylic acids is 1. The molecular weight excluding hydrogens is 218 g/mol. The first-order valence-corrected chi connectivity index (χ1v) is 4.68. The Balaban J connectivity index is 2.38. The molecular formula is C10H10F2N2O2. The van der Waals surface area contributed by atoms with E-state index in [1.54, 1.807) is 0 Å². The van der Waals surface area contributed by atoms with Crippen LogP contribution in [0.5, 0.6) is 5.75 Å². The van der Waals surface area contributed by atoms with Gasteiger partial charge in [0.1, 0.15) is 5.75 Å². The Bertz CT molecular complexity index is 435. The van der Waals surface area contributed by atoms with Gasteiger partial charge in [-0.15, -0.1) is 0 Å². The van der Waals surface area contributed by atoms with E-state index in [4.69, 9.17) is 10.5 Å².